The molecule has 0 aliphatic heterocycles. The van der Waals surface area contributed by atoms with E-state index in [0.717, 1.165) is 11.1 Å². The van der Waals surface area contributed by atoms with Gasteiger partial charge >= 0.3 is 5.97 Å². The molecule has 3 rings (SSSR count). The van der Waals surface area contributed by atoms with Crippen LogP contribution in [-0.2, 0) is 27.4 Å². The van der Waals surface area contributed by atoms with Crippen molar-refractivity contribution in [3.8, 4) is 5.75 Å². The van der Waals surface area contributed by atoms with Crippen LogP contribution in [0.5, 0.6) is 5.75 Å². The summed E-state index contributed by atoms with van der Waals surface area (Å²) < 4.78 is 5.56. The Balaban J connectivity index is 1.88. The Labute approximate surface area is 170 Å². The average Bonchev–Trinajstić information content (AvgIpc) is 2.74. The molecular weight excluding hydrogens is 366 g/mol. The molecule has 1 N–H and O–H groups in total. The predicted octanol–water partition coefficient (Wildman–Crippen LogP) is 4.10. The van der Waals surface area contributed by atoms with E-state index in [0.29, 0.717) is 12.1 Å². The number of carbonyl (C=O) groups excluding carboxylic acids is 2. The number of rotatable bonds is 7. The molecule has 1 unspecified atom stereocenters. The fraction of sp³-hybridized carbons (Fsp3) is 0.167. The highest BCUT2D eigenvalue weighted by Gasteiger charge is 2.31. The number of phenolic OH excluding ortho intramolecular Hbond substituents is 1. The summed E-state index contributed by atoms with van der Waals surface area (Å²) >= 11 is 0. The van der Waals surface area contributed by atoms with Crippen molar-refractivity contribution in [3.63, 3.8) is 0 Å². The average molecular weight is 389 g/mol. The molecule has 0 saturated heterocycles. The van der Waals surface area contributed by atoms with Crippen LogP contribution in [0.25, 0.3) is 0 Å². The lowest BCUT2D eigenvalue weighted by atomic mass is 10.0. The van der Waals surface area contributed by atoms with E-state index < -0.39 is 12.0 Å². The number of benzene rings is 3. The first-order chi connectivity index (χ1) is 14.0. The van der Waals surface area contributed by atoms with E-state index in [1.165, 1.54) is 24.0 Å². The number of amides is 1. The summed E-state index contributed by atoms with van der Waals surface area (Å²) in [6.45, 7) is 1.54. The summed E-state index contributed by atoms with van der Waals surface area (Å²) in [4.78, 5) is 27.0. The number of ether oxygens (including phenoxy) is 1. The minimum Gasteiger partial charge on any atom is -0.508 e. The maximum atomic E-state index is 13.0. The van der Waals surface area contributed by atoms with Gasteiger partial charge in [-0.3, -0.25) is 9.69 Å². The lowest BCUT2D eigenvalue weighted by molar-refractivity contribution is -0.147. The van der Waals surface area contributed by atoms with Crippen LogP contribution in [0.1, 0.15) is 18.1 Å². The molecule has 0 saturated carbocycles. The van der Waals surface area contributed by atoms with Crippen molar-refractivity contribution in [1.82, 2.24) is 0 Å². The zero-order valence-electron chi connectivity index (χ0n) is 16.2. The summed E-state index contributed by atoms with van der Waals surface area (Å²) in [5.41, 5.74) is 2.31. The molecule has 29 heavy (non-hydrogen) atoms. The van der Waals surface area contributed by atoms with Crippen molar-refractivity contribution in [2.75, 3.05) is 4.90 Å². The van der Waals surface area contributed by atoms with Gasteiger partial charge in [-0.15, -0.1) is 0 Å². The summed E-state index contributed by atoms with van der Waals surface area (Å²) in [5.74, 6) is -0.683. The van der Waals surface area contributed by atoms with Gasteiger partial charge in [0, 0.05) is 19.0 Å². The molecular formula is C24H23NO4. The monoisotopic (exact) mass is 389 g/mol. The third-order valence-electron chi connectivity index (χ3n) is 4.55. The van der Waals surface area contributed by atoms with E-state index in [4.69, 9.17) is 4.74 Å². The lowest BCUT2D eigenvalue weighted by Gasteiger charge is -2.29. The van der Waals surface area contributed by atoms with E-state index in [-0.39, 0.29) is 18.3 Å². The quantitative estimate of drug-likeness (QED) is 0.618. The highest BCUT2D eigenvalue weighted by molar-refractivity contribution is 5.98. The highest BCUT2D eigenvalue weighted by atomic mass is 16.5. The summed E-state index contributed by atoms with van der Waals surface area (Å²) in [5, 5.41) is 9.58. The first-order valence-electron chi connectivity index (χ1n) is 9.38. The third-order valence-corrected chi connectivity index (χ3v) is 4.55. The molecule has 1 atom stereocenters. The molecule has 0 spiro atoms. The van der Waals surface area contributed by atoms with Crippen LogP contribution in [0.15, 0.2) is 84.9 Å². The van der Waals surface area contributed by atoms with Crippen molar-refractivity contribution in [2.24, 2.45) is 0 Å². The summed E-state index contributed by atoms with van der Waals surface area (Å²) in [7, 11) is 0. The second kappa shape index (κ2) is 9.55. The number of nitrogens with zero attached hydrogens (tertiary/aromatic N) is 1. The minimum absolute atomic E-state index is 0.0866. The van der Waals surface area contributed by atoms with Gasteiger partial charge in [-0.05, 0) is 35.4 Å². The van der Waals surface area contributed by atoms with Gasteiger partial charge in [0.1, 0.15) is 18.4 Å². The van der Waals surface area contributed by atoms with Gasteiger partial charge in [0.25, 0.3) is 0 Å². The van der Waals surface area contributed by atoms with E-state index in [1.807, 2.05) is 60.7 Å². The fourth-order valence-corrected chi connectivity index (χ4v) is 3.14. The largest absolute Gasteiger partial charge is 0.508 e. The van der Waals surface area contributed by atoms with Crippen LogP contribution in [0.3, 0.4) is 0 Å². The number of aromatic hydroxyl groups is 1. The maximum absolute atomic E-state index is 13.0. The smallest absolute Gasteiger partial charge is 0.329 e. The molecule has 0 aliphatic rings. The number of phenols is 1. The van der Waals surface area contributed by atoms with Crippen LogP contribution in [0, 0.1) is 0 Å². The Morgan fingerprint density at radius 1 is 0.862 bits per heavy atom. The van der Waals surface area contributed by atoms with E-state index in [1.54, 1.807) is 12.1 Å². The van der Waals surface area contributed by atoms with Crippen LogP contribution >= 0.6 is 0 Å². The van der Waals surface area contributed by atoms with Crippen LogP contribution in [0.2, 0.25) is 0 Å². The second-order valence-electron chi connectivity index (χ2n) is 6.70. The normalized spacial score (nSPS) is 11.5. The molecule has 3 aromatic rings. The van der Waals surface area contributed by atoms with E-state index in [2.05, 4.69) is 0 Å². The van der Waals surface area contributed by atoms with Gasteiger partial charge in [0.2, 0.25) is 5.91 Å². The molecule has 0 aliphatic carbocycles. The van der Waals surface area contributed by atoms with E-state index >= 15 is 0 Å². The molecule has 0 aromatic heterocycles. The van der Waals surface area contributed by atoms with Crippen molar-refractivity contribution in [2.45, 2.75) is 26.0 Å². The molecule has 0 radical (unpaired) electrons. The molecule has 1 amide bonds. The van der Waals surface area contributed by atoms with Crippen molar-refractivity contribution in [1.29, 1.82) is 0 Å². The van der Waals surface area contributed by atoms with Gasteiger partial charge < -0.3 is 9.84 Å². The highest BCUT2D eigenvalue weighted by Crippen LogP contribution is 2.23. The Bertz CT molecular complexity index is 940. The molecule has 0 heterocycles. The number of carbonyl (C=O) groups is 2. The van der Waals surface area contributed by atoms with Gasteiger partial charge in [0.15, 0.2) is 0 Å². The molecule has 3 aromatic carbocycles. The maximum Gasteiger partial charge on any atom is 0.329 e. The summed E-state index contributed by atoms with van der Waals surface area (Å²) in [6.07, 6.45) is 0.314. The topological polar surface area (TPSA) is 66.8 Å². The van der Waals surface area contributed by atoms with Crippen molar-refractivity contribution >= 4 is 17.6 Å². The van der Waals surface area contributed by atoms with Gasteiger partial charge in [-0.25, -0.2) is 4.79 Å². The van der Waals surface area contributed by atoms with Crippen LogP contribution < -0.4 is 4.90 Å². The van der Waals surface area contributed by atoms with Crippen LogP contribution in [0.4, 0.5) is 5.69 Å². The minimum atomic E-state index is -0.830. The third kappa shape index (κ3) is 5.45. The predicted molar refractivity (Wildman–Crippen MR) is 111 cm³/mol. The van der Waals surface area contributed by atoms with Gasteiger partial charge in [0.05, 0.1) is 0 Å². The van der Waals surface area contributed by atoms with E-state index in [9.17, 15) is 14.7 Å². The zero-order chi connectivity index (χ0) is 20.6. The molecule has 5 nitrogen and oxygen atoms in total. The Kier molecular flexibility index (Phi) is 6.63. The van der Waals surface area contributed by atoms with Crippen LogP contribution in [-0.4, -0.2) is 23.0 Å². The standard InChI is InChI=1S/C24H23NO4/c1-18(26)25(21-12-14-22(27)15-13-21)23(16-19-8-4-2-5-9-19)24(28)29-17-20-10-6-3-7-11-20/h2-15,23,27H,16-17H2,1H3. The Morgan fingerprint density at radius 3 is 1.97 bits per heavy atom. The molecule has 0 fully saturated rings. The van der Waals surface area contributed by atoms with Crippen molar-refractivity contribution < 1.29 is 19.4 Å². The Morgan fingerprint density at radius 2 is 1.41 bits per heavy atom. The first kappa shape index (κ1) is 20.1. The number of hydrogen-bond donors (Lipinski definition) is 1. The molecule has 0 bridgehead atoms. The number of esters is 1. The summed E-state index contributed by atoms with van der Waals surface area (Å²) in [6, 6.07) is 24.3. The number of anilines is 1. The molecule has 148 valence electrons. The number of hydrogen-bond acceptors (Lipinski definition) is 4. The SMILES string of the molecule is CC(=O)N(c1ccc(O)cc1)C(Cc1ccccc1)C(=O)OCc1ccccc1. The van der Waals surface area contributed by atoms with Gasteiger partial charge in [-0.2, -0.15) is 0 Å². The first-order valence-corrected chi connectivity index (χ1v) is 9.38. The Hall–Kier alpha value is -3.60. The fourth-order valence-electron chi connectivity index (χ4n) is 3.14. The lowest BCUT2D eigenvalue weighted by Crippen LogP contribution is -2.46. The second-order valence-corrected chi connectivity index (χ2v) is 6.70. The zero-order valence-corrected chi connectivity index (χ0v) is 16.2. The molecule has 5 heteroatoms. The van der Waals surface area contributed by atoms with Crippen molar-refractivity contribution in [3.05, 3.63) is 96.1 Å². The van der Waals surface area contributed by atoms with Gasteiger partial charge in [-0.1, -0.05) is 60.7 Å².